The smallest absolute Gasteiger partial charge is 0.307 e. The molecule has 0 unspecified atom stereocenters. The van der Waals surface area contributed by atoms with E-state index in [9.17, 15) is 9.59 Å². The lowest BCUT2D eigenvalue weighted by Crippen LogP contribution is -2.20. The second kappa shape index (κ2) is 21.1. The second-order valence-electron chi connectivity index (χ2n) is 9.58. The summed E-state index contributed by atoms with van der Waals surface area (Å²) in [6.07, 6.45) is 7.03. The Bertz CT molecular complexity index is 402. The van der Waals surface area contributed by atoms with Crippen molar-refractivity contribution in [2.24, 2.45) is 11.3 Å². The molecule has 0 saturated carbocycles. The van der Waals surface area contributed by atoms with Gasteiger partial charge in [0, 0.05) is 19.6 Å². The van der Waals surface area contributed by atoms with E-state index in [0.29, 0.717) is 32.6 Å². The van der Waals surface area contributed by atoms with Crippen LogP contribution >= 0.6 is 0 Å². The van der Waals surface area contributed by atoms with Crippen molar-refractivity contribution in [3.8, 4) is 0 Å². The Labute approximate surface area is 185 Å². The van der Waals surface area contributed by atoms with Gasteiger partial charge in [-0.3, -0.25) is 9.59 Å². The van der Waals surface area contributed by atoms with Gasteiger partial charge < -0.3 is 19.9 Å². The zero-order chi connectivity index (χ0) is 23.3. The average molecular weight is 432 g/mol. The van der Waals surface area contributed by atoms with Gasteiger partial charge in [-0.15, -0.1) is 0 Å². The summed E-state index contributed by atoms with van der Waals surface area (Å²) >= 11 is 0. The highest BCUT2D eigenvalue weighted by atomic mass is 16.5. The van der Waals surface area contributed by atoms with E-state index < -0.39 is 0 Å². The fourth-order valence-corrected chi connectivity index (χ4v) is 2.23. The Morgan fingerprint density at radius 3 is 1.77 bits per heavy atom. The van der Waals surface area contributed by atoms with Gasteiger partial charge in [0.1, 0.15) is 0 Å². The molecule has 0 amide bonds. The van der Waals surface area contributed by atoms with Crippen molar-refractivity contribution in [2.45, 2.75) is 99.3 Å². The third-order valence-corrected chi connectivity index (χ3v) is 3.91. The van der Waals surface area contributed by atoms with Crippen LogP contribution in [0, 0.1) is 11.3 Å². The molecule has 180 valence electrons. The van der Waals surface area contributed by atoms with Crippen LogP contribution in [0.2, 0.25) is 0 Å². The van der Waals surface area contributed by atoms with Crippen LogP contribution in [0.5, 0.6) is 0 Å². The van der Waals surface area contributed by atoms with Gasteiger partial charge in [-0.05, 0) is 62.8 Å². The summed E-state index contributed by atoms with van der Waals surface area (Å²) in [6, 6.07) is 0. The lowest BCUT2D eigenvalue weighted by Gasteiger charge is -2.16. The number of carbonyl (C=O) groups excluding carboxylic acids is 2. The molecule has 0 aromatic rings. The molecule has 0 aliphatic heterocycles. The van der Waals surface area contributed by atoms with E-state index in [4.69, 9.17) is 14.6 Å². The fourth-order valence-electron chi connectivity index (χ4n) is 2.23. The van der Waals surface area contributed by atoms with Crippen molar-refractivity contribution in [3.05, 3.63) is 0 Å². The van der Waals surface area contributed by atoms with Crippen LogP contribution < -0.4 is 5.32 Å². The predicted molar refractivity (Wildman–Crippen MR) is 123 cm³/mol. The van der Waals surface area contributed by atoms with Crippen LogP contribution in [0.15, 0.2) is 0 Å². The van der Waals surface area contributed by atoms with Crippen molar-refractivity contribution in [2.75, 3.05) is 32.9 Å². The van der Waals surface area contributed by atoms with E-state index in [1.807, 2.05) is 0 Å². The molecule has 0 atom stereocenters. The first-order valence-corrected chi connectivity index (χ1v) is 11.7. The van der Waals surface area contributed by atoms with Crippen LogP contribution in [-0.2, 0) is 19.1 Å². The maximum absolute atomic E-state index is 11.6. The number of nitrogens with one attached hydrogen (secondary N) is 1. The number of ether oxygens (including phenoxy) is 2. The van der Waals surface area contributed by atoms with Crippen LogP contribution in [0.3, 0.4) is 0 Å². The standard InChI is InChI=1S/C20H39NO5.C4H10/c1-20(2,3)12-10-18(23)25-16-8-4-5-9-17-26-19(24)11-14-21-13-6-7-15-22;1-4(2)3/h21-22H,4-17H2,1-3H3;4H,1-3H3. The summed E-state index contributed by atoms with van der Waals surface area (Å²) in [5, 5.41) is 11.8. The van der Waals surface area contributed by atoms with Crippen LogP contribution in [-0.4, -0.2) is 50.0 Å². The predicted octanol–water partition coefficient (Wildman–Crippen LogP) is 4.87. The highest BCUT2D eigenvalue weighted by Crippen LogP contribution is 2.20. The Morgan fingerprint density at radius 2 is 1.30 bits per heavy atom. The van der Waals surface area contributed by atoms with E-state index in [2.05, 4.69) is 46.9 Å². The van der Waals surface area contributed by atoms with Gasteiger partial charge in [0.05, 0.1) is 19.6 Å². The first-order valence-electron chi connectivity index (χ1n) is 11.7. The van der Waals surface area contributed by atoms with Gasteiger partial charge in [0.2, 0.25) is 0 Å². The highest BCUT2D eigenvalue weighted by Gasteiger charge is 2.13. The summed E-state index contributed by atoms with van der Waals surface area (Å²) in [7, 11) is 0. The molecule has 6 heteroatoms. The van der Waals surface area contributed by atoms with Crippen molar-refractivity contribution >= 4 is 11.9 Å². The molecule has 30 heavy (non-hydrogen) atoms. The van der Waals surface area contributed by atoms with Crippen LogP contribution in [0.4, 0.5) is 0 Å². The van der Waals surface area contributed by atoms with E-state index in [-0.39, 0.29) is 24.0 Å². The Balaban J connectivity index is 0. The van der Waals surface area contributed by atoms with E-state index >= 15 is 0 Å². The van der Waals surface area contributed by atoms with Gasteiger partial charge in [-0.25, -0.2) is 0 Å². The largest absolute Gasteiger partial charge is 0.466 e. The molecule has 0 spiro atoms. The molecule has 0 aliphatic rings. The monoisotopic (exact) mass is 431 g/mol. The Morgan fingerprint density at radius 1 is 0.800 bits per heavy atom. The number of aliphatic hydroxyl groups excluding tert-OH is 1. The van der Waals surface area contributed by atoms with Crippen molar-refractivity contribution in [1.82, 2.24) is 5.32 Å². The summed E-state index contributed by atoms with van der Waals surface area (Å²) in [4.78, 5) is 23.1. The minimum Gasteiger partial charge on any atom is -0.466 e. The average Bonchev–Trinajstić information content (AvgIpc) is 2.64. The number of unbranched alkanes of at least 4 members (excludes halogenated alkanes) is 4. The maximum atomic E-state index is 11.6. The molecule has 2 N–H and O–H groups in total. The second-order valence-corrected chi connectivity index (χ2v) is 9.58. The summed E-state index contributed by atoms with van der Waals surface area (Å²) < 4.78 is 10.4. The van der Waals surface area contributed by atoms with Gasteiger partial charge in [-0.1, -0.05) is 41.5 Å². The Kier molecular flexibility index (Phi) is 21.8. The number of hydrogen-bond acceptors (Lipinski definition) is 6. The van der Waals surface area contributed by atoms with E-state index in [0.717, 1.165) is 57.4 Å². The molecule has 0 bridgehead atoms. The minimum atomic E-state index is -0.174. The lowest BCUT2D eigenvalue weighted by molar-refractivity contribution is -0.145. The van der Waals surface area contributed by atoms with Crippen LogP contribution in [0.25, 0.3) is 0 Å². The number of carbonyl (C=O) groups is 2. The summed E-state index contributed by atoms with van der Waals surface area (Å²) in [6.45, 7) is 15.4. The lowest BCUT2D eigenvalue weighted by atomic mass is 9.91. The number of aliphatic hydroxyl groups is 1. The zero-order valence-corrected chi connectivity index (χ0v) is 20.6. The Hall–Kier alpha value is -1.14. The highest BCUT2D eigenvalue weighted by molar-refractivity contribution is 5.69. The van der Waals surface area contributed by atoms with Gasteiger partial charge in [0.25, 0.3) is 0 Å². The molecule has 0 radical (unpaired) electrons. The summed E-state index contributed by atoms with van der Waals surface area (Å²) in [5.41, 5.74) is 0.159. The van der Waals surface area contributed by atoms with Crippen molar-refractivity contribution in [1.29, 1.82) is 0 Å². The molecule has 0 fully saturated rings. The third-order valence-electron chi connectivity index (χ3n) is 3.91. The molecule has 6 nitrogen and oxygen atoms in total. The van der Waals surface area contributed by atoms with E-state index in [1.54, 1.807) is 0 Å². The molecular formula is C24H49NO5. The van der Waals surface area contributed by atoms with E-state index in [1.165, 1.54) is 0 Å². The normalized spacial score (nSPS) is 11.1. The topological polar surface area (TPSA) is 84.9 Å². The van der Waals surface area contributed by atoms with Gasteiger partial charge in [-0.2, -0.15) is 0 Å². The minimum absolute atomic E-state index is 0.112. The third kappa shape index (κ3) is 31.6. The molecule has 0 aromatic heterocycles. The zero-order valence-electron chi connectivity index (χ0n) is 20.6. The number of hydrogen-bond donors (Lipinski definition) is 2. The molecular weight excluding hydrogens is 382 g/mol. The SMILES string of the molecule is CC(C)(C)CCC(=O)OCCCCCCOC(=O)CCNCCCCO.CC(C)C. The maximum Gasteiger partial charge on any atom is 0.307 e. The van der Waals surface area contributed by atoms with Crippen molar-refractivity contribution in [3.63, 3.8) is 0 Å². The first-order chi connectivity index (χ1) is 14.1. The van der Waals surface area contributed by atoms with Gasteiger partial charge in [0.15, 0.2) is 0 Å². The number of esters is 2. The van der Waals surface area contributed by atoms with Crippen LogP contribution in [0.1, 0.15) is 99.3 Å². The number of rotatable bonds is 16. The quantitative estimate of drug-likeness (QED) is 0.268. The molecule has 0 aromatic carbocycles. The van der Waals surface area contributed by atoms with Crippen molar-refractivity contribution < 1.29 is 24.2 Å². The molecule has 0 heterocycles. The summed E-state index contributed by atoms with van der Waals surface area (Å²) in [5.74, 6) is 0.547. The molecule has 0 aliphatic carbocycles. The first kappa shape index (κ1) is 31.0. The van der Waals surface area contributed by atoms with Gasteiger partial charge >= 0.3 is 11.9 Å². The fraction of sp³-hybridized carbons (Fsp3) is 0.917. The molecule has 0 rings (SSSR count). The molecule has 0 saturated heterocycles.